The Labute approximate surface area is 170 Å². The number of benzene rings is 2. The van der Waals surface area contributed by atoms with Crippen LogP contribution in [0.15, 0.2) is 36.4 Å². The summed E-state index contributed by atoms with van der Waals surface area (Å²) in [5.74, 6) is -5.26. The number of hydrogen-bond acceptors (Lipinski definition) is 7. The van der Waals surface area contributed by atoms with Gasteiger partial charge in [0.15, 0.2) is 5.78 Å². The molecule has 0 heterocycles. The number of carbonyl (C=O) groups is 5. The van der Waals surface area contributed by atoms with Crippen LogP contribution in [-0.4, -0.2) is 53.1 Å². The van der Waals surface area contributed by atoms with E-state index in [-0.39, 0.29) is 33.4 Å². The molecule has 0 bridgehead atoms. The van der Waals surface area contributed by atoms with Crippen molar-refractivity contribution in [3.05, 3.63) is 69.8 Å². The molecular formula is C21H18O9. The highest BCUT2D eigenvalue weighted by atomic mass is 16.5. The number of carboxylic acids is 2. The Morgan fingerprint density at radius 2 is 1.17 bits per heavy atom. The summed E-state index contributed by atoms with van der Waals surface area (Å²) in [6.07, 6.45) is -0.510. The summed E-state index contributed by atoms with van der Waals surface area (Å²) in [7, 11) is 1.07. The van der Waals surface area contributed by atoms with Gasteiger partial charge in [-0.05, 0) is 38.1 Å². The van der Waals surface area contributed by atoms with Crippen molar-refractivity contribution >= 4 is 29.7 Å². The molecule has 156 valence electrons. The number of aromatic carboxylic acids is 2. The van der Waals surface area contributed by atoms with Gasteiger partial charge in [0.1, 0.15) is 0 Å². The Kier molecular flexibility index (Phi) is 6.68. The van der Waals surface area contributed by atoms with Gasteiger partial charge in [0.2, 0.25) is 0 Å². The predicted octanol–water partition coefficient (Wildman–Crippen LogP) is 2.67. The van der Waals surface area contributed by atoms with Gasteiger partial charge in [-0.25, -0.2) is 19.2 Å². The second-order valence-corrected chi connectivity index (χ2v) is 6.41. The zero-order chi connectivity index (χ0) is 22.6. The molecule has 0 aliphatic heterocycles. The lowest BCUT2D eigenvalue weighted by Crippen LogP contribution is -2.17. The summed E-state index contributed by atoms with van der Waals surface area (Å²) in [6, 6.07) is 6.74. The molecule has 2 N–H and O–H groups in total. The summed E-state index contributed by atoms with van der Waals surface area (Å²) >= 11 is 0. The Balaban J connectivity index is 2.55. The smallest absolute Gasteiger partial charge is 0.339 e. The molecule has 0 saturated carbocycles. The first-order valence-electron chi connectivity index (χ1n) is 8.65. The number of hydrogen-bond donors (Lipinski definition) is 2. The van der Waals surface area contributed by atoms with Gasteiger partial charge in [-0.1, -0.05) is 12.1 Å². The van der Waals surface area contributed by atoms with Gasteiger partial charge < -0.3 is 19.7 Å². The SMILES string of the molecule is COC(=O)c1cc(C(=O)c2ccc(C(=O)O)c(C(=O)OC(C)C)c2)ccc1C(=O)O. The normalized spacial score (nSPS) is 10.4. The fourth-order valence-electron chi connectivity index (χ4n) is 2.64. The van der Waals surface area contributed by atoms with Crippen molar-refractivity contribution in [1.29, 1.82) is 0 Å². The minimum Gasteiger partial charge on any atom is -0.478 e. The lowest BCUT2D eigenvalue weighted by molar-refractivity contribution is 0.0370. The molecule has 0 saturated heterocycles. The number of ketones is 1. The fraction of sp³-hybridized carbons (Fsp3) is 0.190. The van der Waals surface area contributed by atoms with Crippen molar-refractivity contribution in [2.45, 2.75) is 20.0 Å². The van der Waals surface area contributed by atoms with Gasteiger partial charge in [0, 0.05) is 11.1 Å². The zero-order valence-electron chi connectivity index (χ0n) is 16.3. The lowest BCUT2D eigenvalue weighted by atomic mass is 9.95. The predicted molar refractivity (Wildman–Crippen MR) is 102 cm³/mol. The highest BCUT2D eigenvalue weighted by molar-refractivity contribution is 6.13. The number of carboxylic acid groups (broad SMARTS) is 2. The molecule has 9 nitrogen and oxygen atoms in total. The van der Waals surface area contributed by atoms with Crippen LogP contribution in [0.25, 0.3) is 0 Å². The van der Waals surface area contributed by atoms with E-state index in [1.54, 1.807) is 13.8 Å². The quantitative estimate of drug-likeness (QED) is 0.516. The van der Waals surface area contributed by atoms with E-state index in [4.69, 9.17) is 4.74 Å². The lowest BCUT2D eigenvalue weighted by Gasteiger charge is -2.12. The molecule has 0 radical (unpaired) electrons. The molecule has 0 atom stereocenters. The average Bonchev–Trinajstić information content (AvgIpc) is 2.70. The van der Waals surface area contributed by atoms with Crippen LogP contribution in [0.3, 0.4) is 0 Å². The maximum absolute atomic E-state index is 12.9. The fourth-order valence-corrected chi connectivity index (χ4v) is 2.64. The van der Waals surface area contributed by atoms with E-state index >= 15 is 0 Å². The van der Waals surface area contributed by atoms with E-state index in [0.717, 1.165) is 31.4 Å². The van der Waals surface area contributed by atoms with Crippen molar-refractivity contribution in [2.24, 2.45) is 0 Å². The molecule has 9 heteroatoms. The van der Waals surface area contributed by atoms with Crippen molar-refractivity contribution in [1.82, 2.24) is 0 Å². The summed E-state index contributed by atoms with van der Waals surface area (Å²) < 4.78 is 9.59. The third-order valence-electron chi connectivity index (χ3n) is 3.99. The van der Waals surface area contributed by atoms with Crippen molar-refractivity contribution < 1.29 is 43.7 Å². The average molecular weight is 414 g/mol. The van der Waals surface area contributed by atoms with Crippen LogP contribution in [0.4, 0.5) is 0 Å². The summed E-state index contributed by atoms with van der Waals surface area (Å²) in [5, 5.41) is 18.5. The first kappa shape index (κ1) is 22.3. The highest BCUT2D eigenvalue weighted by Gasteiger charge is 2.24. The molecule has 0 amide bonds. The van der Waals surface area contributed by atoms with Gasteiger partial charge in [0.25, 0.3) is 0 Å². The molecule has 0 fully saturated rings. The van der Waals surface area contributed by atoms with Gasteiger partial charge in [-0.3, -0.25) is 4.79 Å². The largest absolute Gasteiger partial charge is 0.478 e. The van der Waals surface area contributed by atoms with Crippen LogP contribution in [0.1, 0.15) is 71.2 Å². The van der Waals surface area contributed by atoms with Crippen molar-refractivity contribution in [3.8, 4) is 0 Å². The van der Waals surface area contributed by atoms with Crippen LogP contribution < -0.4 is 0 Å². The van der Waals surface area contributed by atoms with Crippen LogP contribution in [0.2, 0.25) is 0 Å². The van der Waals surface area contributed by atoms with E-state index in [1.165, 1.54) is 12.1 Å². The van der Waals surface area contributed by atoms with Crippen LogP contribution in [0.5, 0.6) is 0 Å². The Bertz CT molecular complexity index is 1050. The van der Waals surface area contributed by atoms with E-state index in [0.29, 0.717) is 0 Å². The second-order valence-electron chi connectivity index (χ2n) is 6.41. The summed E-state index contributed by atoms with van der Waals surface area (Å²) in [6.45, 7) is 3.18. The number of methoxy groups -OCH3 is 1. The number of ether oxygens (including phenoxy) is 2. The molecular weight excluding hydrogens is 396 g/mol. The molecule has 30 heavy (non-hydrogen) atoms. The molecule has 2 rings (SSSR count). The Hall–Kier alpha value is -4.01. The third-order valence-corrected chi connectivity index (χ3v) is 3.99. The summed E-state index contributed by atoms with van der Waals surface area (Å²) in [4.78, 5) is 59.8. The molecule has 2 aromatic carbocycles. The monoisotopic (exact) mass is 414 g/mol. The van der Waals surface area contributed by atoms with Gasteiger partial charge in [-0.15, -0.1) is 0 Å². The van der Waals surface area contributed by atoms with Crippen molar-refractivity contribution in [2.75, 3.05) is 7.11 Å². The summed E-state index contributed by atoms with van der Waals surface area (Å²) in [5.41, 5.74) is -1.41. The highest BCUT2D eigenvalue weighted by Crippen LogP contribution is 2.20. The number of rotatable bonds is 7. The Morgan fingerprint density at radius 3 is 1.53 bits per heavy atom. The zero-order valence-corrected chi connectivity index (χ0v) is 16.3. The minimum absolute atomic E-state index is 0.0467. The number of esters is 2. The van der Waals surface area contributed by atoms with E-state index in [1.807, 2.05) is 0 Å². The van der Waals surface area contributed by atoms with E-state index < -0.39 is 35.8 Å². The van der Waals surface area contributed by atoms with Crippen molar-refractivity contribution in [3.63, 3.8) is 0 Å². The number of carbonyl (C=O) groups excluding carboxylic acids is 3. The maximum Gasteiger partial charge on any atom is 0.339 e. The van der Waals surface area contributed by atoms with Crippen LogP contribution in [-0.2, 0) is 9.47 Å². The second kappa shape index (κ2) is 8.99. The van der Waals surface area contributed by atoms with Crippen LogP contribution in [0, 0.1) is 0 Å². The first-order chi connectivity index (χ1) is 14.1. The van der Waals surface area contributed by atoms with E-state index in [2.05, 4.69) is 4.74 Å². The van der Waals surface area contributed by atoms with Crippen LogP contribution >= 0.6 is 0 Å². The molecule has 0 unspecified atom stereocenters. The minimum atomic E-state index is -1.38. The topological polar surface area (TPSA) is 144 Å². The van der Waals surface area contributed by atoms with Gasteiger partial charge in [-0.2, -0.15) is 0 Å². The molecule has 0 aromatic heterocycles. The van der Waals surface area contributed by atoms with Gasteiger partial charge in [0.05, 0.1) is 35.5 Å². The third kappa shape index (κ3) is 4.69. The van der Waals surface area contributed by atoms with Gasteiger partial charge >= 0.3 is 23.9 Å². The van der Waals surface area contributed by atoms with E-state index in [9.17, 15) is 34.2 Å². The molecule has 0 spiro atoms. The maximum atomic E-state index is 12.9. The molecule has 2 aromatic rings. The molecule has 0 aliphatic rings. The first-order valence-corrected chi connectivity index (χ1v) is 8.65. The Morgan fingerprint density at radius 1 is 0.733 bits per heavy atom. The standard InChI is InChI=1S/C21H18O9/c1-10(2)30-21(28)16-9-12(5-7-14(16)19(25)26)17(22)11-4-6-13(18(23)24)15(8-11)20(27)29-3/h4-10H,1-3H3,(H,23,24)(H,25,26). The molecule has 0 aliphatic carbocycles.